The van der Waals surface area contributed by atoms with Gasteiger partial charge in [0.15, 0.2) is 9.84 Å². The van der Waals surface area contributed by atoms with E-state index in [1.54, 1.807) is 24.3 Å². The second kappa shape index (κ2) is 9.90. The molecule has 0 aromatic heterocycles. The number of hydrogen-bond donors (Lipinski definition) is 1. The highest BCUT2D eigenvalue weighted by Crippen LogP contribution is 2.18. The summed E-state index contributed by atoms with van der Waals surface area (Å²) in [5.41, 5.74) is 0.556. The lowest BCUT2D eigenvalue weighted by atomic mass is 10.2. The van der Waals surface area contributed by atoms with Gasteiger partial charge in [0.25, 0.3) is 0 Å². The third-order valence-corrected chi connectivity index (χ3v) is 5.01. The van der Waals surface area contributed by atoms with Crippen LogP contribution in [0.2, 0.25) is 5.02 Å². The lowest BCUT2D eigenvalue weighted by Crippen LogP contribution is -2.27. The number of carbonyl (C=O) groups is 1. The molecule has 1 amide bonds. The maximum atomic E-state index is 12.0. The molecule has 5 nitrogen and oxygen atoms in total. The first-order chi connectivity index (χ1) is 10.8. The zero-order valence-corrected chi connectivity index (χ0v) is 15.1. The van der Waals surface area contributed by atoms with Crippen LogP contribution in [0.1, 0.15) is 32.3 Å². The SMILES string of the molecule is CC(C)OCCCNC(=O)CCS(=O)(=O)Cc1ccccc1Cl. The molecular weight excluding hydrogens is 338 g/mol. The fourth-order valence-corrected chi connectivity index (χ4v) is 3.53. The molecule has 0 aliphatic rings. The number of nitrogens with one attached hydrogen (secondary N) is 1. The van der Waals surface area contributed by atoms with E-state index in [1.165, 1.54) is 0 Å². The van der Waals surface area contributed by atoms with E-state index in [2.05, 4.69) is 5.32 Å². The zero-order chi connectivity index (χ0) is 17.3. The van der Waals surface area contributed by atoms with Crippen molar-refractivity contribution in [3.05, 3.63) is 34.9 Å². The molecule has 0 unspecified atom stereocenters. The van der Waals surface area contributed by atoms with Crippen molar-refractivity contribution in [1.82, 2.24) is 5.32 Å². The Balaban J connectivity index is 2.30. The number of rotatable bonds is 10. The number of carbonyl (C=O) groups excluding carboxylic acids is 1. The Hall–Kier alpha value is -1.11. The predicted octanol–water partition coefficient (Wildman–Crippen LogP) is 2.58. The molecule has 0 aliphatic heterocycles. The van der Waals surface area contributed by atoms with Crippen LogP contribution in [0, 0.1) is 0 Å². The van der Waals surface area contributed by atoms with Crippen LogP contribution in [0.25, 0.3) is 0 Å². The van der Waals surface area contributed by atoms with Crippen molar-refractivity contribution >= 4 is 27.3 Å². The number of hydrogen-bond acceptors (Lipinski definition) is 4. The highest BCUT2D eigenvalue weighted by Gasteiger charge is 2.16. The zero-order valence-electron chi connectivity index (χ0n) is 13.5. The topological polar surface area (TPSA) is 72.5 Å². The van der Waals surface area contributed by atoms with Crippen molar-refractivity contribution in [3.63, 3.8) is 0 Å². The molecule has 0 aliphatic carbocycles. The Kier molecular flexibility index (Phi) is 8.58. The Morgan fingerprint density at radius 3 is 2.65 bits per heavy atom. The second-order valence-electron chi connectivity index (χ2n) is 5.56. The summed E-state index contributed by atoms with van der Waals surface area (Å²) in [5, 5.41) is 3.12. The molecule has 1 aromatic carbocycles. The van der Waals surface area contributed by atoms with Crippen molar-refractivity contribution in [2.24, 2.45) is 0 Å². The van der Waals surface area contributed by atoms with Gasteiger partial charge >= 0.3 is 0 Å². The van der Waals surface area contributed by atoms with Gasteiger partial charge in [-0.2, -0.15) is 0 Å². The van der Waals surface area contributed by atoms with Crippen molar-refractivity contribution in [3.8, 4) is 0 Å². The Bertz CT molecular complexity index is 602. The van der Waals surface area contributed by atoms with Gasteiger partial charge in [0, 0.05) is 24.6 Å². The molecule has 23 heavy (non-hydrogen) atoms. The van der Waals surface area contributed by atoms with Gasteiger partial charge in [-0.3, -0.25) is 4.79 Å². The average molecular weight is 362 g/mol. The molecule has 0 atom stereocenters. The van der Waals surface area contributed by atoms with Gasteiger partial charge < -0.3 is 10.1 Å². The van der Waals surface area contributed by atoms with Crippen LogP contribution in [0.3, 0.4) is 0 Å². The summed E-state index contributed by atoms with van der Waals surface area (Å²) in [5.74, 6) is -0.605. The standard InChI is InChI=1S/C16H24ClNO4S/c1-13(2)22-10-5-9-18-16(19)8-11-23(20,21)12-14-6-3-4-7-15(14)17/h3-4,6-7,13H,5,8-12H2,1-2H3,(H,18,19). The summed E-state index contributed by atoms with van der Waals surface area (Å²) in [6, 6.07) is 6.81. The number of sulfone groups is 1. The molecule has 0 spiro atoms. The Labute approximate surface area is 143 Å². The average Bonchev–Trinajstić information content (AvgIpc) is 2.47. The van der Waals surface area contributed by atoms with E-state index in [-0.39, 0.29) is 29.9 Å². The van der Waals surface area contributed by atoms with Gasteiger partial charge in [-0.25, -0.2) is 8.42 Å². The smallest absolute Gasteiger partial charge is 0.221 e. The lowest BCUT2D eigenvalue weighted by Gasteiger charge is -2.09. The van der Waals surface area contributed by atoms with Crippen LogP contribution < -0.4 is 5.32 Å². The molecular formula is C16H24ClNO4S. The van der Waals surface area contributed by atoms with Crippen molar-refractivity contribution < 1.29 is 17.9 Å². The molecule has 130 valence electrons. The second-order valence-corrected chi connectivity index (χ2v) is 8.15. The predicted molar refractivity (Wildman–Crippen MR) is 92.3 cm³/mol. The first-order valence-corrected chi connectivity index (χ1v) is 9.82. The minimum atomic E-state index is -3.37. The van der Waals surface area contributed by atoms with Crippen LogP contribution in [0.4, 0.5) is 0 Å². The van der Waals surface area contributed by atoms with Crippen molar-refractivity contribution in [1.29, 1.82) is 0 Å². The molecule has 0 fully saturated rings. The van der Waals surface area contributed by atoms with Gasteiger partial charge in [-0.05, 0) is 31.9 Å². The summed E-state index contributed by atoms with van der Waals surface area (Å²) < 4.78 is 29.5. The molecule has 0 saturated heterocycles. The molecule has 1 N–H and O–H groups in total. The molecule has 0 radical (unpaired) electrons. The van der Waals surface area contributed by atoms with Crippen LogP contribution in [0.15, 0.2) is 24.3 Å². The van der Waals surface area contributed by atoms with Gasteiger partial charge in [-0.1, -0.05) is 29.8 Å². The fraction of sp³-hybridized carbons (Fsp3) is 0.562. The van der Waals surface area contributed by atoms with E-state index in [9.17, 15) is 13.2 Å². The highest BCUT2D eigenvalue weighted by molar-refractivity contribution is 7.90. The molecule has 7 heteroatoms. The number of benzene rings is 1. The van der Waals surface area contributed by atoms with Crippen LogP contribution in [0.5, 0.6) is 0 Å². The first-order valence-electron chi connectivity index (χ1n) is 7.62. The highest BCUT2D eigenvalue weighted by atomic mass is 35.5. The van der Waals surface area contributed by atoms with E-state index in [0.717, 1.165) is 0 Å². The lowest BCUT2D eigenvalue weighted by molar-refractivity contribution is -0.120. The summed E-state index contributed by atoms with van der Waals surface area (Å²) in [6.07, 6.45) is 0.828. The van der Waals surface area contributed by atoms with E-state index >= 15 is 0 Å². The Morgan fingerprint density at radius 2 is 2.00 bits per heavy atom. The van der Waals surface area contributed by atoms with Crippen molar-refractivity contribution in [2.75, 3.05) is 18.9 Å². The molecule has 0 heterocycles. The van der Waals surface area contributed by atoms with Gasteiger partial charge in [-0.15, -0.1) is 0 Å². The summed E-state index contributed by atoms with van der Waals surface area (Å²) in [7, 11) is -3.37. The molecule has 0 saturated carbocycles. The van der Waals surface area contributed by atoms with Crippen LogP contribution in [-0.2, 0) is 25.1 Å². The van der Waals surface area contributed by atoms with E-state index < -0.39 is 9.84 Å². The number of amides is 1. The first kappa shape index (κ1) is 19.9. The summed E-state index contributed by atoms with van der Waals surface area (Å²) >= 11 is 5.96. The van der Waals surface area contributed by atoms with Gasteiger partial charge in [0.05, 0.1) is 17.6 Å². The maximum Gasteiger partial charge on any atom is 0.221 e. The van der Waals surface area contributed by atoms with E-state index in [1.807, 2.05) is 13.8 Å². The van der Waals surface area contributed by atoms with Gasteiger partial charge in [0.1, 0.15) is 0 Å². The molecule has 1 rings (SSSR count). The van der Waals surface area contributed by atoms with Crippen molar-refractivity contribution in [2.45, 2.75) is 38.5 Å². The normalized spacial score (nSPS) is 11.7. The number of halogens is 1. The molecule has 0 bridgehead atoms. The largest absolute Gasteiger partial charge is 0.379 e. The fourth-order valence-electron chi connectivity index (χ4n) is 1.88. The quantitative estimate of drug-likeness (QED) is 0.650. The third kappa shape index (κ3) is 8.93. The van der Waals surface area contributed by atoms with E-state index in [0.29, 0.717) is 30.2 Å². The van der Waals surface area contributed by atoms with Crippen LogP contribution in [-0.4, -0.2) is 39.3 Å². The summed E-state index contributed by atoms with van der Waals surface area (Å²) in [4.78, 5) is 11.7. The Morgan fingerprint density at radius 1 is 1.30 bits per heavy atom. The minimum Gasteiger partial charge on any atom is -0.379 e. The monoisotopic (exact) mass is 361 g/mol. The summed E-state index contributed by atoms with van der Waals surface area (Å²) in [6.45, 7) is 4.95. The minimum absolute atomic E-state index is 0.0438. The van der Waals surface area contributed by atoms with Gasteiger partial charge in [0.2, 0.25) is 5.91 Å². The molecule has 1 aromatic rings. The maximum absolute atomic E-state index is 12.0. The third-order valence-electron chi connectivity index (χ3n) is 3.07. The van der Waals surface area contributed by atoms with E-state index in [4.69, 9.17) is 16.3 Å². The number of ether oxygens (including phenoxy) is 1. The van der Waals surface area contributed by atoms with Crippen LogP contribution >= 0.6 is 11.6 Å².